The number of benzene rings is 3. The van der Waals surface area contributed by atoms with Crippen LogP contribution in [0.4, 0.5) is 5.69 Å². The van der Waals surface area contributed by atoms with Gasteiger partial charge in [-0.1, -0.05) is 78.4 Å². The molecule has 7 heteroatoms. The Labute approximate surface area is 244 Å². The van der Waals surface area contributed by atoms with Crippen LogP contribution in [-0.4, -0.2) is 33.6 Å². The lowest BCUT2D eigenvalue weighted by Gasteiger charge is -2.49. The zero-order valence-corrected chi connectivity index (χ0v) is 23.6. The number of rotatable bonds is 4. The van der Waals surface area contributed by atoms with Crippen molar-refractivity contribution in [3.63, 3.8) is 0 Å². The SMILES string of the molecule is Cc1cccc(C2C3=CCC4C(=O)N(Cc5ccccc5)C(=O)C4C3CC3C(=O)N(c4ccccc4)C(=O)C32C)c1O. The van der Waals surface area contributed by atoms with Crippen LogP contribution >= 0.6 is 0 Å². The van der Waals surface area contributed by atoms with Gasteiger partial charge in [0.1, 0.15) is 5.75 Å². The third-order valence-electron chi connectivity index (χ3n) is 10.1. The fourth-order valence-corrected chi connectivity index (χ4v) is 8.08. The molecule has 2 aliphatic carbocycles. The standard InChI is InChI=1S/C35H32N2O5/c1-20-10-9-15-25(30(20)38)29-23-16-17-24-28(33(41)36(31(24)39)19-21-11-5-3-6-12-21)26(23)18-27-32(40)37(34(42)35(27,29)2)22-13-7-4-8-14-22/h3-16,24,26-29,38H,17-19H2,1-2H3. The summed E-state index contributed by atoms with van der Waals surface area (Å²) >= 11 is 0. The van der Waals surface area contributed by atoms with E-state index in [0.29, 0.717) is 29.7 Å². The zero-order valence-electron chi connectivity index (χ0n) is 23.6. The quantitative estimate of drug-likeness (QED) is 0.353. The maximum atomic E-state index is 14.4. The summed E-state index contributed by atoms with van der Waals surface area (Å²) in [5.41, 5.74) is 2.32. The number of aryl methyl sites for hydroxylation is 1. The van der Waals surface area contributed by atoms with Gasteiger partial charge in [-0.2, -0.15) is 0 Å². The Morgan fingerprint density at radius 2 is 1.52 bits per heavy atom. The number of hydrogen-bond acceptors (Lipinski definition) is 5. The number of para-hydroxylation sites is 2. The summed E-state index contributed by atoms with van der Waals surface area (Å²) in [7, 11) is 0. The predicted octanol–water partition coefficient (Wildman–Crippen LogP) is 5.13. The van der Waals surface area contributed by atoms with Crippen molar-refractivity contribution >= 4 is 29.3 Å². The fourth-order valence-electron chi connectivity index (χ4n) is 8.08. The average Bonchev–Trinajstić information content (AvgIpc) is 3.35. The highest BCUT2D eigenvalue weighted by atomic mass is 16.3. The van der Waals surface area contributed by atoms with Gasteiger partial charge in [0.15, 0.2) is 0 Å². The number of allylic oxidation sites excluding steroid dienone is 2. The topological polar surface area (TPSA) is 95.0 Å². The molecule has 1 saturated carbocycles. The Hall–Kier alpha value is -4.52. The van der Waals surface area contributed by atoms with E-state index in [0.717, 1.165) is 11.1 Å². The van der Waals surface area contributed by atoms with Crippen molar-refractivity contribution in [2.45, 2.75) is 39.2 Å². The van der Waals surface area contributed by atoms with Gasteiger partial charge in [-0.05, 0) is 55.9 Å². The zero-order chi connectivity index (χ0) is 29.3. The van der Waals surface area contributed by atoms with E-state index >= 15 is 0 Å². The predicted molar refractivity (Wildman–Crippen MR) is 156 cm³/mol. The molecular weight excluding hydrogens is 528 g/mol. The molecule has 2 heterocycles. The van der Waals surface area contributed by atoms with Gasteiger partial charge in [0.2, 0.25) is 23.6 Å². The minimum Gasteiger partial charge on any atom is -0.507 e. The molecule has 3 fully saturated rings. The van der Waals surface area contributed by atoms with Crippen LogP contribution in [-0.2, 0) is 25.7 Å². The number of fused-ring (bicyclic) bond motifs is 4. The first-order valence-electron chi connectivity index (χ1n) is 14.5. The van der Waals surface area contributed by atoms with Crippen LogP contribution in [0.5, 0.6) is 5.75 Å². The summed E-state index contributed by atoms with van der Waals surface area (Å²) < 4.78 is 0. The van der Waals surface area contributed by atoms with Gasteiger partial charge < -0.3 is 5.11 Å². The lowest BCUT2D eigenvalue weighted by Crippen LogP contribution is -2.48. The molecule has 0 radical (unpaired) electrons. The number of carbonyl (C=O) groups is 4. The van der Waals surface area contributed by atoms with Gasteiger partial charge in [-0.3, -0.25) is 24.1 Å². The molecule has 1 N–H and O–H groups in total. The molecule has 212 valence electrons. The second-order valence-corrected chi connectivity index (χ2v) is 12.3. The van der Waals surface area contributed by atoms with E-state index in [4.69, 9.17) is 0 Å². The summed E-state index contributed by atoms with van der Waals surface area (Å²) in [6.07, 6.45) is 2.68. The Morgan fingerprint density at radius 3 is 2.24 bits per heavy atom. The summed E-state index contributed by atoms with van der Waals surface area (Å²) in [5.74, 6) is -3.82. The molecular formula is C35H32N2O5. The summed E-state index contributed by atoms with van der Waals surface area (Å²) in [4.78, 5) is 58.9. The number of aromatic hydroxyl groups is 1. The Kier molecular flexibility index (Phi) is 5.98. The number of nitrogens with zero attached hydrogens (tertiary/aromatic N) is 2. The number of anilines is 1. The molecule has 0 bridgehead atoms. The van der Waals surface area contributed by atoms with E-state index < -0.39 is 35.0 Å². The molecule has 6 unspecified atom stereocenters. The third kappa shape index (κ3) is 3.58. The van der Waals surface area contributed by atoms with Crippen molar-refractivity contribution in [3.8, 4) is 5.75 Å². The molecule has 7 nitrogen and oxygen atoms in total. The second-order valence-electron chi connectivity index (χ2n) is 12.3. The minimum absolute atomic E-state index is 0.0871. The van der Waals surface area contributed by atoms with E-state index in [1.54, 1.807) is 24.3 Å². The molecule has 0 aromatic heterocycles. The molecule has 7 rings (SSSR count). The van der Waals surface area contributed by atoms with Crippen molar-refractivity contribution in [3.05, 3.63) is 107 Å². The van der Waals surface area contributed by atoms with Crippen molar-refractivity contribution in [2.24, 2.45) is 29.1 Å². The number of phenols is 1. The van der Waals surface area contributed by atoms with Gasteiger partial charge in [-0.15, -0.1) is 0 Å². The van der Waals surface area contributed by atoms with Crippen LogP contribution in [0.25, 0.3) is 0 Å². The molecule has 4 amide bonds. The summed E-state index contributed by atoms with van der Waals surface area (Å²) in [6, 6.07) is 23.8. The largest absolute Gasteiger partial charge is 0.507 e. The highest BCUT2D eigenvalue weighted by Crippen LogP contribution is 2.64. The summed E-state index contributed by atoms with van der Waals surface area (Å²) in [6.45, 7) is 3.85. The lowest BCUT2D eigenvalue weighted by molar-refractivity contribution is -0.141. The molecule has 3 aromatic carbocycles. The van der Waals surface area contributed by atoms with E-state index in [2.05, 4.69) is 0 Å². The van der Waals surface area contributed by atoms with Crippen LogP contribution in [0.3, 0.4) is 0 Å². The first-order valence-corrected chi connectivity index (χ1v) is 14.5. The van der Waals surface area contributed by atoms with E-state index in [9.17, 15) is 24.3 Å². The number of phenolic OH excluding ortho intramolecular Hbond substituents is 1. The number of carbonyl (C=O) groups excluding carboxylic acids is 4. The number of hydrogen-bond donors (Lipinski definition) is 1. The van der Waals surface area contributed by atoms with Crippen molar-refractivity contribution in [2.75, 3.05) is 4.90 Å². The van der Waals surface area contributed by atoms with Gasteiger partial charge >= 0.3 is 0 Å². The van der Waals surface area contributed by atoms with E-state index in [1.807, 2.05) is 74.5 Å². The van der Waals surface area contributed by atoms with Crippen molar-refractivity contribution in [1.82, 2.24) is 4.90 Å². The average molecular weight is 561 g/mol. The van der Waals surface area contributed by atoms with Crippen molar-refractivity contribution < 1.29 is 24.3 Å². The molecule has 0 spiro atoms. The maximum Gasteiger partial charge on any atom is 0.241 e. The molecule has 3 aromatic rings. The van der Waals surface area contributed by atoms with Crippen molar-refractivity contribution in [1.29, 1.82) is 0 Å². The van der Waals surface area contributed by atoms with Crippen LogP contribution in [0.15, 0.2) is 90.5 Å². The second kappa shape index (κ2) is 9.51. The number of amides is 4. The molecule has 4 aliphatic rings. The van der Waals surface area contributed by atoms with Gasteiger partial charge in [0.05, 0.1) is 35.4 Å². The maximum absolute atomic E-state index is 14.4. The molecule has 6 atom stereocenters. The monoisotopic (exact) mass is 560 g/mol. The van der Waals surface area contributed by atoms with E-state index in [-0.39, 0.29) is 35.9 Å². The van der Waals surface area contributed by atoms with Crippen LogP contribution in [0.1, 0.15) is 42.4 Å². The first-order chi connectivity index (χ1) is 20.2. The van der Waals surface area contributed by atoms with Crippen LogP contribution < -0.4 is 4.90 Å². The molecule has 42 heavy (non-hydrogen) atoms. The van der Waals surface area contributed by atoms with Crippen LogP contribution in [0, 0.1) is 36.0 Å². The minimum atomic E-state index is -1.18. The van der Waals surface area contributed by atoms with Crippen LogP contribution in [0.2, 0.25) is 0 Å². The highest BCUT2D eigenvalue weighted by Gasteiger charge is 2.67. The smallest absolute Gasteiger partial charge is 0.241 e. The highest BCUT2D eigenvalue weighted by molar-refractivity contribution is 6.24. The Balaban J connectivity index is 1.35. The Bertz CT molecular complexity index is 1670. The van der Waals surface area contributed by atoms with E-state index in [1.165, 1.54) is 9.80 Å². The van der Waals surface area contributed by atoms with Gasteiger partial charge in [0, 0.05) is 11.5 Å². The van der Waals surface area contributed by atoms with Gasteiger partial charge in [-0.25, -0.2) is 4.90 Å². The molecule has 2 aliphatic heterocycles. The molecule has 2 saturated heterocycles. The summed E-state index contributed by atoms with van der Waals surface area (Å²) in [5, 5.41) is 11.3. The third-order valence-corrected chi connectivity index (χ3v) is 10.1. The number of likely N-dealkylation sites (tertiary alicyclic amines) is 1. The Morgan fingerprint density at radius 1 is 0.833 bits per heavy atom. The first kappa shape index (κ1) is 26.4. The lowest BCUT2D eigenvalue weighted by atomic mass is 9.51. The van der Waals surface area contributed by atoms with Gasteiger partial charge in [0.25, 0.3) is 0 Å². The number of imide groups is 2. The normalized spacial score (nSPS) is 30.2. The fraction of sp³-hybridized carbons (Fsp3) is 0.314.